The van der Waals surface area contributed by atoms with Crippen LogP contribution in [0.1, 0.15) is 62.8 Å². The van der Waals surface area contributed by atoms with E-state index < -0.39 is 18.1 Å². The second-order valence-electron chi connectivity index (χ2n) is 9.79. The molecule has 1 spiro atoms. The Kier molecular flexibility index (Phi) is 8.44. The number of pyridine rings is 1. The van der Waals surface area contributed by atoms with Gasteiger partial charge in [0.25, 0.3) is 6.43 Å². The van der Waals surface area contributed by atoms with Crippen molar-refractivity contribution in [2.45, 2.75) is 57.9 Å². The minimum absolute atomic E-state index is 0.0805. The van der Waals surface area contributed by atoms with E-state index in [-0.39, 0.29) is 11.2 Å². The van der Waals surface area contributed by atoms with Crippen molar-refractivity contribution in [1.82, 2.24) is 20.7 Å². The summed E-state index contributed by atoms with van der Waals surface area (Å²) in [6.07, 6.45) is 3.45. The molecule has 0 saturated heterocycles. The lowest BCUT2D eigenvalue weighted by Crippen LogP contribution is -2.59. The Morgan fingerprint density at radius 1 is 1.16 bits per heavy atom. The molecule has 2 aliphatic rings. The first-order valence-corrected chi connectivity index (χ1v) is 12.6. The van der Waals surface area contributed by atoms with Crippen molar-refractivity contribution in [3.63, 3.8) is 0 Å². The van der Waals surface area contributed by atoms with Gasteiger partial charge in [-0.3, -0.25) is 9.98 Å². The lowest BCUT2D eigenvalue weighted by atomic mass is 9.96. The fourth-order valence-corrected chi connectivity index (χ4v) is 4.99. The van der Waals surface area contributed by atoms with E-state index in [9.17, 15) is 17.6 Å². The van der Waals surface area contributed by atoms with E-state index >= 15 is 0 Å². The van der Waals surface area contributed by atoms with Gasteiger partial charge < -0.3 is 5.32 Å². The van der Waals surface area contributed by atoms with Crippen LogP contribution in [0, 0.1) is 11.6 Å². The maximum absolute atomic E-state index is 13.9. The Balaban J connectivity index is 1.72. The SMILES string of the molecule is C=C(Cc1ccc(F)c(F)c1)/C1=C(\N=C(C)c2ccc(C(F)F)nc2)CN(CC)NC2(CCCC2)CN1. The number of benzene rings is 1. The first kappa shape index (κ1) is 27.0. The zero-order valence-corrected chi connectivity index (χ0v) is 21.3. The van der Waals surface area contributed by atoms with Crippen molar-refractivity contribution in [3.8, 4) is 0 Å². The molecule has 1 aromatic carbocycles. The molecule has 1 aliphatic heterocycles. The molecule has 1 aromatic heterocycles. The smallest absolute Gasteiger partial charge is 0.280 e. The molecule has 37 heavy (non-hydrogen) atoms. The summed E-state index contributed by atoms with van der Waals surface area (Å²) in [4.78, 5) is 8.76. The molecule has 9 heteroatoms. The number of halogens is 4. The molecule has 1 aliphatic carbocycles. The minimum Gasteiger partial charge on any atom is -0.381 e. The topological polar surface area (TPSA) is 52.6 Å². The molecule has 0 bridgehead atoms. The van der Waals surface area contributed by atoms with Crippen molar-refractivity contribution in [2.75, 3.05) is 19.6 Å². The highest BCUT2D eigenvalue weighted by Gasteiger charge is 2.37. The third-order valence-electron chi connectivity index (χ3n) is 7.06. The third-order valence-corrected chi connectivity index (χ3v) is 7.06. The number of alkyl halides is 2. The summed E-state index contributed by atoms with van der Waals surface area (Å²) in [7, 11) is 0. The predicted molar refractivity (Wildman–Crippen MR) is 137 cm³/mol. The highest BCUT2D eigenvalue weighted by molar-refractivity contribution is 5.99. The van der Waals surface area contributed by atoms with Gasteiger partial charge in [-0.1, -0.05) is 32.4 Å². The highest BCUT2D eigenvalue weighted by atomic mass is 19.3. The molecular weight excluding hydrogens is 482 g/mol. The van der Waals surface area contributed by atoms with Gasteiger partial charge in [0.15, 0.2) is 11.6 Å². The predicted octanol–water partition coefficient (Wildman–Crippen LogP) is 5.86. The summed E-state index contributed by atoms with van der Waals surface area (Å²) in [5.41, 5.74) is 7.38. The largest absolute Gasteiger partial charge is 0.381 e. The molecule has 0 radical (unpaired) electrons. The van der Waals surface area contributed by atoms with Crippen molar-refractivity contribution in [2.24, 2.45) is 4.99 Å². The highest BCUT2D eigenvalue weighted by Crippen LogP contribution is 2.32. The average Bonchev–Trinajstić information content (AvgIpc) is 3.33. The fraction of sp³-hybridized carbons (Fsp3) is 0.429. The number of aromatic nitrogens is 1. The molecule has 4 rings (SSSR count). The van der Waals surface area contributed by atoms with Crippen molar-refractivity contribution in [3.05, 3.63) is 88.5 Å². The Morgan fingerprint density at radius 2 is 1.92 bits per heavy atom. The summed E-state index contributed by atoms with van der Waals surface area (Å²) < 4.78 is 53.3. The normalized spacial score (nSPS) is 20.7. The van der Waals surface area contributed by atoms with Gasteiger partial charge in [0.1, 0.15) is 5.69 Å². The summed E-state index contributed by atoms with van der Waals surface area (Å²) in [5, 5.41) is 5.72. The van der Waals surface area contributed by atoms with Gasteiger partial charge >= 0.3 is 0 Å². The number of hydrogen-bond acceptors (Lipinski definition) is 5. The van der Waals surface area contributed by atoms with Crippen LogP contribution >= 0.6 is 0 Å². The molecule has 5 nitrogen and oxygen atoms in total. The molecule has 2 aromatic rings. The van der Waals surface area contributed by atoms with Crippen LogP contribution in [-0.2, 0) is 6.42 Å². The number of hydrazine groups is 1. The van der Waals surface area contributed by atoms with Crippen LogP contribution in [0.5, 0.6) is 0 Å². The molecule has 0 atom stereocenters. The van der Waals surface area contributed by atoms with Gasteiger partial charge in [0, 0.05) is 36.1 Å². The number of rotatable bonds is 7. The molecule has 0 amide bonds. The van der Waals surface area contributed by atoms with Gasteiger partial charge in [-0.15, -0.1) is 0 Å². The summed E-state index contributed by atoms with van der Waals surface area (Å²) in [6.45, 7) is 10.0. The monoisotopic (exact) mass is 515 g/mol. The van der Waals surface area contributed by atoms with E-state index in [0.29, 0.717) is 47.6 Å². The molecule has 2 N–H and O–H groups in total. The number of nitrogens with zero attached hydrogens (tertiary/aromatic N) is 3. The van der Waals surface area contributed by atoms with Gasteiger partial charge in [-0.25, -0.2) is 28.0 Å². The van der Waals surface area contributed by atoms with Crippen LogP contribution in [-0.4, -0.2) is 40.9 Å². The maximum Gasteiger partial charge on any atom is 0.280 e. The molecule has 2 heterocycles. The zero-order valence-electron chi connectivity index (χ0n) is 21.3. The fourth-order valence-electron chi connectivity index (χ4n) is 4.99. The van der Waals surface area contributed by atoms with E-state index in [1.165, 1.54) is 18.3 Å². The molecular formula is C28H33F4N5. The number of likely N-dealkylation sites (N-methyl/N-ethyl adjacent to an activating group) is 1. The number of nitrogens with one attached hydrogen (secondary N) is 2. The zero-order chi connectivity index (χ0) is 26.6. The third kappa shape index (κ3) is 6.45. The first-order valence-electron chi connectivity index (χ1n) is 12.6. The quantitative estimate of drug-likeness (QED) is 0.358. The standard InChI is InChI=1S/C28H33F4N5/c1-4-37-16-25(35-19(3)21-8-10-24(27(31)32)33-15-21)26(34-17-28(36-37)11-5-6-12-28)18(2)13-20-7-9-22(29)23(30)14-20/h7-10,14-15,27,34,36H,2,4-6,11-13,16-17H2,1,3H3/b26-25+,35-19?. The van der Waals surface area contributed by atoms with Crippen molar-refractivity contribution >= 4 is 5.71 Å². The van der Waals surface area contributed by atoms with Crippen LogP contribution in [0.4, 0.5) is 17.6 Å². The summed E-state index contributed by atoms with van der Waals surface area (Å²) in [6, 6.07) is 6.75. The van der Waals surface area contributed by atoms with Gasteiger partial charge in [-0.2, -0.15) is 0 Å². The minimum atomic E-state index is -2.64. The lowest BCUT2D eigenvalue weighted by Gasteiger charge is -2.40. The second-order valence-corrected chi connectivity index (χ2v) is 9.79. The van der Waals surface area contributed by atoms with Crippen LogP contribution in [0.3, 0.4) is 0 Å². The first-order chi connectivity index (χ1) is 17.7. The van der Waals surface area contributed by atoms with Crippen LogP contribution in [0.15, 0.2) is 65.1 Å². The van der Waals surface area contributed by atoms with Crippen LogP contribution in [0.25, 0.3) is 0 Å². The Bertz CT molecular complexity index is 1180. The van der Waals surface area contributed by atoms with Crippen LogP contribution in [0.2, 0.25) is 0 Å². The number of aliphatic imine (C=N–C) groups is 1. The Morgan fingerprint density at radius 3 is 2.54 bits per heavy atom. The lowest BCUT2D eigenvalue weighted by molar-refractivity contribution is 0.113. The van der Waals surface area contributed by atoms with Crippen LogP contribution < -0.4 is 10.7 Å². The van der Waals surface area contributed by atoms with E-state index in [1.807, 2.05) is 6.92 Å². The van der Waals surface area contributed by atoms with E-state index in [2.05, 4.69) is 34.2 Å². The maximum atomic E-state index is 13.9. The van der Waals surface area contributed by atoms with E-state index in [4.69, 9.17) is 4.99 Å². The van der Waals surface area contributed by atoms with Crippen molar-refractivity contribution < 1.29 is 17.6 Å². The Labute approximate surface area is 215 Å². The van der Waals surface area contributed by atoms with Crippen molar-refractivity contribution in [1.29, 1.82) is 0 Å². The Hall–Kier alpha value is -3.04. The number of hydrogen-bond donors (Lipinski definition) is 2. The van der Waals surface area contributed by atoms with Gasteiger partial charge in [0.05, 0.1) is 17.9 Å². The van der Waals surface area contributed by atoms with E-state index in [1.54, 1.807) is 12.1 Å². The van der Waals surface area contributed by atoms with Gasteiger partial charge in [0.2, 0.25) is 0 Å². The molecule has 1 fully saturated rings. The average molecular weight is 516 g/mol. The summed E-state index contributed by atoms with van der Waals surface area (Å²) >= 11 is 0. The summed E-state index contributed by atoms with van der Waals surface area (Å²) in [5.74, 6) is -1.79. The second kappa shape index (κ2) is 11.6. The molecule has 0 unspecified atom stereocenters. The number of allylic oxidation sites excluding steroid dienone is 1. The molecule has 198 valence electrons. The molecule has 1 saturated carbocycles. The van der Waals surface area contributed by atoms with E-state index in [0.717, 1.165) is 44.0 Å². The van der Waals surface area contributed by atoms with Gasteiger partial charge in [-0.05, 0) is 61.6 Å².